The highest BCUT2D eigenvalue weighted by atomic mass is 16.6. The van der Waals surface area contributed by atoms with E-state index in [1.807, 2.05) is 0 Å². The van der Waals surface area contributed by atoms with Gasteiger partial charge in [0, 0.05) is 17.8 Å². The summed E-state index contributed by atoms with van der Waals surface area (Å²) >= 11 is 0. The summed E-state index contributed by atoms with van der Waals surface area (Å²) in [5.74, 6) is 5.19. The molecule has 4 nitrogen and oxygen atoms in total. The normalized spacial score (nSPS) is 54.7. The molecule has 4 saturated carbocycles. The molecule has 6 rings (SSSR count). The van der Waals surface area contributed by atoms with Gasteiger partial charge in [0.25, 0.3) is 0 Å². The first-order valence-electron chi connectivity index (χ1n) is 12.3. The zero-order chi connectivity index (χ0) is 20.0. The summed E-state index contributed by atoms with van der Waals surface area (Å²) in [6.45, 7) is 4.75. The molecule has 5 fully saturated rings. The van der Waals surface area contributed by atoms with Gasteiger partial charge in [0.1, 0.15) is 11.6 Å². The lowest BCUT2D eigenvalue weighted by molar-refractivity contribution is -0.182. The molecule has 10 atom stereocenters. The Balaban J connectivity index is 1.41. The monoisotopic (exact) mass is 397 g/mol. The number of allylic oxidation sites excluding steroid dienone is 1. The van der Waals surface area contributed by atoms with Gasteiger partial charge in [0.2, 0.25) is 0 Å². The number of hydrogen-bond acceptors (Lipinski definition) is 4. The van der Waals surface area contributed by atoms with Gasteiger partial charge in [-0.05, 0) is 86.9 Å². The highest BCUT2D eigenvalue weighted by Crippen LogP contribution is 2.80. The van der Waals surface area contributed by atoms with Crippen molar-refractivity contribution in [3.05, 3.63) is 16.6 Å². The quantitative estimate of drug-likeness (QED) is 0.351. The Bertz CT molecular complexity index is 776. The van der Waals surface area contributed by atoms with Crippen molar-refractivity contribution in [2.45, 2.75) is 89.7 Å². The Labute approximate surface area is 174 Å². The summed E-state index contributed by atoms with van der Waals surface area (Å²) in [7, 11) is 0. The smallest absolute Gasteiger partial charge is 0.306 e. The Morgan fingerprint density at radius 2 is 2.03 bits per heavy atom. The van der Waals surface area contributed by atoms with E-state index >= 15 is 0 Å². The highest BCUT2D eigenvalue weighted by molar-refractivity contribution is 5.73. The third-order valence-electron chi connectivity index (χ3n) is 10.7. The fourth-order valence-corrected chi connectivity index (χ4v) is 9.79. The molecule has 0 aromatic heterocycles. The van der Waals surface area contributed by atoms with E-state index < -0.39 is 0 Å². The van der Waals surface area contributed by atoms with Crippen LogP contribution in [0.15, 0.2) is 16.8 Å². The number of nitrogens with zero attached hydrogens (tertiary/aromatic N) is 1. The van der Waals surface area contributed by atoms with Crippen LogP contribution in [0.1, 0.15) is 78.1 Å². The first kappa shape index (κ1) is 18.6. The number of nitroso groups, excluding NO2 is 1. The van der Waals surface area contributed by atoms with Gasteiger partial charge in [-0.2, -0.15) is 4.91 Å². The van der Waals surface area contributed by atoms with Crippen LogP contribution in [0, 0.1) is 51.7 Å². The Morgan fingerprint density at radius 3 is 2.72 bits per heavy atom. The van der Waals surface area contributed by atoms with Crippen LogP contribution in [0.2, 0.25) is 0 Å². The van der Waals surface area contributed by atoms with Crippen LogP contribution < -0.4 is 0 Å². The summed E-state index contributed by atoms with van der Waals surface area (Å²) in [4.78, 5) is 23.5. The van der Waals surface area contributed by atoms with Crippen LogP contribution in [-0.2, 0) is 9.53 Å². The molecule has 158 valence electrons. The second-order valence-corrected chi connectivity index (χ2v) is 11.2. The van der Waals surface area contributed by atoms with Crippen molar-refractivity contribution in [3.63, 3.8) is 0 Å². The molecule has 29 heavy (non-hydrogen) atoms. The molecular formula is C25H35NO3. The van der Waals surface area contributed by atoms with E-state index in [1.165, 1.54) is 38.5 Å². The lowest BCUT2D eigenvalue weighted by Gasteiger charge is -2.60. The van der Waals surface area contributed by atoms with Crippen LogP contribution in [0.3, 0.4) is 0 Å². The fourth-order valence-electron chi connectivity index (χ4n) is 9.79. The lowest BCUT2D eigenvalue weighted by Crippen LogP contribution is -2.58. The second kappa shape index (κ2) is 6.17. The lowest BCUT2D eigenvalue weighted by atomic mass is 9.45. The number of esters is 1. The maximum atomic E-state index is 12.3. The van der Waals surface area contributed by atoms with Crippen molar-refractivity contribution in [2.75, 3.05) is 0 Å². The van der Waals surface area contributed by atoms with Gasteiger partial charge in [-0.1, -0.05) is 37.1 Å². The molecule has 0 aromatic carbocycles. The summed E-state index contributed by atoms with van der Waals surface area (Å²) in [5, 5.41) is 3.37. The average Bonchev–Trinajstić information content (AvgIpc) is 3.40. The van der Waals surface area contributed by atoms with Crippen molar-refractivity contribution >= 4 is 5.97 Å². The van der Waals surface area contributed by atoms with Crippen molar-refractivity contribution in [2.24, 2.45) is 52.0 Å². The Morgan fingerprint density at radius 1 is 1.17 bits per heavy atom. The van der Waals surface area contributed by atoms with Gasteiger partial charge in [-0.3, -0.25) is 4.79 Å². The molecule has 5 aliphatic carbocycles. The van der Waals surface area contributed by atoms with E-state index in [4.69, 9.17) is 4.74 Å². The van der Waals surface area contributed by atoms with Gasteiger partial charge >= 0.3 is 5.97 Å². The molecule has 1 heterocycles. The standard InChI is InChI=1S/C25H35NO3/c1-3-14-11-15-12-16(26-28)5-6-17(15)18-7-9-24(4-2)23(22(14)18)19-13-20(19)25(24)10-8-21(27)29-25/h12,14,16-20,22-23H,3-11,13H2,1-2H3/t14?,16?,17-,18?,19?,20?,22?,23?,24-,25-/m0/s1. The molecule has 0 bridgehead atoms. The molecule has 0 aromatic rings. The maximum Gasteiger partial charge on any atom is 0.306 e. The maximum absolute atomic E-state index is 12.3. The largest absolute Gasteiger partial charge is 0.458 e. The van der Waals surface area contributed by atoms with Crippen LogP contribution in [0.25, 0.3) is 0 Å². The Kier molecular flexibility index (Phi) is 3.95. The molecule has 6 aliphatic rings. The zero-order valence-electron chi connectivity index (χ0n) is 17.9. The third-order valence-corrected chi connectivity index (χ3v) is 10.7. The van der Waals surface area contributed by atoms with E-state index in [-0.39, 0.29) is 23.0 Å². The van der Waals surface area contributed by atoms with E-state index in [2.05, 4.69) is 25.1 Å². The van der Waals surface area contributed by atoms with E-state index in [0.29, 0.717) is 18.3 Å². The minimum absolute atomic E-state index is 0.0619. The van der Waals surface area contributed by atoms with Gasteiger partial charge in [0.15, 0.2) is 0 Å². The van der Waals surface area contributed by atoms with E-state index in [0.717, 1.165) is 48.9 Å². The predicted molar refractivity (Wildman–Crippen MR) is 111 cm³/mol. The zero-order valence-corrected chi connectivity index (χ0v) is 17.9. The topological polar surface area (TPSA) is 55.7 Å². The SMILES string of the molecule is CCC1CC2=CC(N=O)CC[C@@H]2C2CC[C@@]3(CC)C(C4CC4[C@@]34CCC(=O)O4)C12. The molecular weight excluding hydrogens is 362 g/mol. The molecule has 1 spiro atoms. The Hall–Kier alpha value is -1.19. The highest BCUT2D eigenvalue weighted by Gasteiger charge is 2.79. The second-order valence-electron chi connectivity index (χ2n) is 11.2. The molecule has 4 heteroatoms. The average molecular weight is 398 g/mol. The van der Waals surface area contributed by atoms with Gasteiger partial charge < -0.3 is 4.74 Å². The molecule has 0 amide bonds. The predicted octanol–water partition coefficient (Wildman–Crippen LogP) is 5.65. The molecule has 7 unspecified atom stereocenters. The van der Waals surface area contributed by atoms with Crippen molar-refractivity contribution in [1.29, 1.82) is 0 Å². The van der Waals surface area contributed by atoms with Crippen LogP contribution in [0.5, 0.6) is 0 Å². The number of rotatable bonds is 3. The fraction of sp³-hybridized carbons (Fsp3) is 0.880. The summed E-state index contributed by atoms with van der Waals surface area (Å²) < 4.78 is 6.31. The molecule has 0 N–H and O–H groups in total. The van der Waals surface area contributed by atoms with Crippen molar-refractivity contribution < 1.29 is 9.53 Å². The number of hydrogen-bond donors (Lipinski definition) is 0. The number of carbonyl (C=O) groups is 1. The van der Waals surface area contributed by atoms with Gasteiger partial charge in [-0.25, -0.2) is 0 Å². The summed E-state index contributed by atoms with van der Waals surface area (Å²) in [6.07, 6.45) is 13.3. The van der Waals surface area contributed by atoms with Crippen LogP contribution in [0.4, 0.5) is 0 Å². The van der Waals surface area contributed by atoms with Gasteiger partial charge in [0.05, 0.1) is 0 Å². The van der Waals surface area contributed by atoms with Crippen LogP contribution in [-0.4, -0.2) is 17.6 Å². The third kappa shape index (κ3) is 2.19. The molecule has 1 aliphatic heterocycles. The van der Waals surface area contributed by atoms with Crippen molar-refractivity contribution in [1.82, 2.24) is 0 Å². The first-order chi connectivity index (χ1) is 14.1. The minimum atomic E-state index is -0.132. The van der Waals surface area contributed by atoms with E-state index in [1.54, 1.807) is 5.57 Å². The summed E-state index contributed by atoms with van der Waals surface area (Å²) in [6, 6.07) is -0.0888. The molecule has 0 radical (unpaired) electrons. The minimum Gasteiger partial charge on any atom is -0.458 e. The first-order valence-corrected chi connectivity index (χ1v) is 12.3. The van der Waals surface area contributed by atoms with Gasteiger partial charge in [-0.15, -0.1) is 0 Å². The van der Waals surface area contributed by atoms with Crippen LogP contribution >= 0.6 is 0 Å². The van der Waals surface area contributed by atoms with E-state index in [9.17, 15) is 9.70 Å². The number of ether oxygens (including phenoxy) is 1. The van der Waals surface area contributed by atoms with Crippen molar-refractivity contribution in [3.8, 4) is 0 Å². The molecule has 1 saturated heterocycles. The summed E-state index contributed by atoms with van der Waals surface area (Å²) in [5.41, 5.74) is 1.65. The number of carbonyl (C=O) groups excluding carboxylic acids is 1. The number of fused-ring (bicyclic) bond motifs is 9.